The molecule has 0 heterocycles. The molecular formula is C36H14F3N7. The molecule has 0 aromatic heterocycles. The second-order valence-corrected chi connectivity index (χ2v) is 10.3. The van der Waals surface area contributed by atoms with Crippen molar-refractivity contribution >= 4 is 33.6 Å². The first-order chi connectivity index (χ1) is 22.0. The van der Waals surface area contributed by atoms with E-state index in [1.807, 2.05) is 44.2 Å². The minimum atomic E-state index is -4.83. The van der Waals surface area contributed by atoms with Crippen molar-refractivity contribution in [3.05, 3.63) is 150 Å². The molecule has 214 valence electrons. The third-order valence-electron chi connectivity index (χ3n) is 7.58. The van der Waals surface area contributed by atoms with Gasteiger partial charge in [-0.2, -0.15) is 23.7 Å². The lowest BCUT2D eigenvalue weighted by Crippen LogP contribution is -2.08. The molecule has 3 aromatic rings. The van der Waals surface area contributed by atoms with E-state index in [0.717, 1.165) is 23.3 Å². The smallest absolute Gasteiger partial charge is 0.237 e. The first-order valence-corrected chi connectivity index (χ1v) is 13.2. The van der Waals surface area contributed by atoms with Crippen LogP contribution in [0.3, 0.4) is 0 Å². The summed E-state index contributed by atoms with van der Waals surface area (Å²) in [7, 11) is 0. The molecule has 0 aliphatic heterocycles. The minimum Gasteiger partial charge on any atom is -0.237 e. The van der Waals surface area contributed by atoms with Gasteiger partial charge in [-0.1, -0.05) is 41.5 Å². The van der Waals surface area contributed by atoms with Gasteiger partial charge >= 0.3 is 6.18 Å². The van der Waals surface area contributed by atoms with E-state index >= 15 is 0 Å². The van der Waals surface area contributed by atoms with Crippen molar-refractivity contribution in [2.75, 3.05) is 0 Å². The fourth-order valence-corrected chi connectivity index (χ4v) is 5.92. The number of nitriles is 4. The van der Waals surface area contributed by atoms with Crippen molar-refractivity contribution in [2.45, 2.75) is 20.0 Å². The standard InChI is InChI=1S/C36H14F3N7/c1-18-8-19(2)10-21(9-18)32-34(30(17-43)45-4)25-12-23-24(13-26(25)35(32)46-5)33(29(16-42)44-3)31(27(23)15-41)20-6-7-28(36(37,38)39)22(11-20)14-40/h6-13H,1-2H3/b33-29+,34-30-. The zero-order valence-corrected chi connectivity index (χ0v) is 23.9. The molecule has 0 radical (unpaired) electrons. The summed E-state index contributed by atoms with van der Waals surface area (Å²) >= 11 is 0. The molecule has 0 unspecified atom stereocenters. The van der Waals surface area contributed by atoms with Gasteiger partial charge in [0.25, 0.3) is 11.4 Å². The Kier molecular flexibility index (Phi) is 7.35. The van der Waals surface area contributed by atoms with Gasteiger partial charge in [0.05, 0.1) is 54.6 Å². The van der Waals surface area contributed by atoms with Crippen LogP contribution in [0.5, 0.6) is 0 Å². The van der Waals surface area contributed by atoms with Crippen LogP contribution in [0.2, 0.25) is 0 Å². The average molecular weight is 602 g/mol. The van der Waals surface area contributed by atoms with Crippen molar-refractivity contribution in [1.29, 1.82) is 21.0 Å². The Morgan fingerprint density at radius 2 is 1.24 bits per heavy atom. The quantitative estimate of drug-likeness (QED) is 0.216. The van der Waals surface area contributed by atoms with E-state index < -0.39 is 23.0 Å². The molecule has 0 atom stereocenters. The van der Waals surface area contributed by atoms with Crippen molar-refractivity contribution in [1.82, 2.24) is 0 Å². The van der Waals surface area contributed by atoms with E-state index in [9.17, 15) is 34.2 Å². The fraction of sp³-hybridized carbons (Fsp3) is 0.0833. The highest BCUT2D eigenvalue weighted by molar-refractivity contribution is 6.29. The van der Waals surface area contributed by atoms with Crippen LogP contribution in [0.4, 0.5) is 13.2 Å². The molecule has 7 nitrogen and oxygen atoms in total. The van der Waals surface area contributed by atoms with E-state index in [1.54, 1.807) is 6.07 Å². The zero-order valence-electron chi connectivity index (χ0n) is 23.9. The first-order valence-electron chi connectivity index (χ1n) is 13.2. The highest BCUT2D eigenvalue weighted by Gasteiger charge is 2.38. The van der Waals surface area contributed by atoms with Gasteiger partial charge in [0, 0.05) is 5.57 Å². The summed E-state index contributed by atoms with van der Waals surface area (Å²) in [6.07, 6.45) is -4.83. The van der Waals surface area contributed by atoms with Gasteiger partial charge in [-0.25, -0.2) is 25.1 Å². The third kappa shape index (κ3) is 4.56. The summed E-state index contributed by atoms with van der Waals surface area (Å²) in [5, 5.41) is 39.8. The van der Waals surface area contributed by atoms with Crippen LogP contribution in [0.25, 0.3) is 48.1 Å². The van der Waals surface area contributed by atoms with Crippen LogP contribution in [0, 0.1) is 78.9 Å². The Morgan fingerprint density at radius 3 is 1.74 bits per heavy atom. The Bertz CT molecular complexity index is 2330. The van der Waals surface area contributed by atoms with Crippen LogP contribution in [-0.2, 0) is 6.18 Å². The lowest BCUT2D eigenvalue weighted by Gasteiger charge is -2.13. The lowest BCUT2D eigenvalue weighted by molar-refractivity contribution is -0.137. The molecule has 2 aliphatic rings. The molecular weight excluding hydrogens is 587 g/mol. The Morgan fingerprint density at radius 1 is 0.674 bits per heavy atom. The van der Waals surface area contributed by atoms with E-state index in [4.69, 9.17) is 19.7 Å². The number of aryl methyl sites for hydroxylation is 2. The second kappa shape index (κ2) is 11.2. The molecule has 5 rings (SSSR count). The van der Waals surface area contributed by atoms with Gasteiger partial charge in [0.15, 0.2) is 0 Å². The van der Waals surface area contributed by atoms with Gasteiger partial charge in [-0.3, -0.25) is 0 Å². The molecule has 10 heteroatoms. The van der Waals surface area contributed by atoms with Crippen molar-refractivity contribution < 1.29 is 13.2 Å². The molecule has 46 heavy (non-hydrogen) atoms. The predicted molar refractivity (Wildman–Crippen MR) is 163 cm³/mol. The van der Waals surface area contributed by atoms with E-state index in [-0.39, 0.29) is 55.9 Å². The summed E-state index contributed by atoms with van der Waals surface area (Å²) in [4.78, 5) is 10.5. The second-order valence-electron chi connectivity index (χ2n) is 10.3. The lowest BCUT2D eigenvalue weighted by atomic mass is 9.91. The number of nitrogens with zero attached hydrogens (tertiary/aromatic N) is 7. The van der Waals surface area contributed by atoms with Crippen molar-refractivity contribution in [3.63, 3.8) is 0 Å². The molecule has 2 aliphatic carbocycles. The summed E-state index contributed by atoms with van der Waals surface area (Å²) < 4.78 is 40.8. The topological polar surface area (TPSA) is 108 Å². The predicted octanol–water partition coefficient (Wildman–Crippen LogP) is 8.75. The summed E-state index contributed by atoms with van der Waals surface area (Å²) in [5.74, 6) is 0. The third-order valence-corrected chi connectivity index (χ3v) is 7.58. The number of hydrogen-bond donors (Lipinski definition) is 0. The zero-order chi connectivity index (χ0) is 33.5. The van der Waals surface area contributed by atoms with Crippen LogP contribution < -0.4 is 0 Å². The molecule has 0 spiro atoms. The van der Waals surface area contributed by atoms with Crippen molar-refractivity contribution in [2.24, 2.45) is 0 Å². The molecule has 0 saturated carbocycles. The molecule has 0 bridgehead atoms. The Balaban J connectivity index is 1.92. The highest BCUT2D eigenvalue weighted by atomic mass is 19.4. The minimum absolute atomic E-state index is 0.00429. The molecule has 3 aromatic carbocycles. The molecule has 0 N–H and O–H groups in total. The Labute approximate surface area is 261 Å². The summed E-state index contributed by atoms with van der Waals surface area (Å²) in [5.41, 5.74) is 1.08. The monoisotopic (exact) mass is 601 g/mol. The summed E-state index contributed by atoms with van der Waals surface area (Å²) in [6.45, 7) is 27.3. The van der Waals surface area contributed by atoms with E-state index in [2.05, 4.69) is 14.5 Å². The van der Waals surface area contributed by atoms with Gasteiger partial charge in [0.2, 0.25) is 5.70 Å². The maximum atomic E-state index is 13.6. The number of halogens is 3. The maximum absolute atomic E-state index is 13.6. The van der Waals surface area contributed by atoms with Crippen LogP contribution in [0.15, 0.2) is 59.9 Å². The fourth-order valence-electron chi connectivity index (χ4n) is 5.92. The SMILES string of the molecule is [C-]#[N+]C1=C(c2cc(C)cc(C)c2)/C(=C(/C#N)[N+]#[C-])c2cc3c(cc21)/C(=C(/C#N)[N+]#[C-])C(c1ccc(C(F)(F)F)c(C#N)c1)=C3C#N. The number of allylic oxidation sites excluding steroid dienone is 7. The van der Waals surface area contributed by atoms with Crippen molar-refractivity contribution in [3.8, 4) is 24.3 Å². The number of hydrogen-bond acceptors (Lipinski definition) is 4. The Hall–Kier alpha value is -7.16. The van der Waals surface area contributed by atoms with Crippen LogP contribution in [0.1, 0.15) is 55.6 Å². The van der Waals surface area contributed by atoms with E-state index in [1.165, 1.54) is 18.2 Å². The number of alkyl halides is 3. The molecule has 0 saturated heterocycles. The number of fused-ring (bicyclic) bond motifs is 2. The highest BCUT2D eigenvalue weighted by Crippen LogP contribution is 2.55. The van der Waals surface area contributed by atoms with E-state index in [0.29, 0.717) is 22.8 Å². The number of benzene rings is 3. The summed E-state index contributed by atoms with van der Waals surface area (Å²) in [6, 6.07) is 18.6. The average Bonchev–Trinajstić information content (AvgIpc) is 3.52. The normalized spacial score (nSPS) is 15.3. The van der Waals surface area contributed by atoms with Gasteiger partial charge < -0.3 is 0 Å². The van der Waals surface area contributed by atoms with Gasteiger partial charge in [-0.05, 0) is 82.1 Å². The number of rotatable bonds is 2. The largest absolute Gasteiger partial charge is 0.417 e. The van der Waals surface area contributed by atoms with Crippen LogP contribution >= 0.6 is 0 Å². The van der Waals surface area contributed by atoms with Gasteiger partial charge in [0.1, 0.15) is 6.07 Å². The van der Waals surface area contributed by atoms with Gasteiger partial charge in [-0.15, -0.1) is 0 Å². The molecule has 0 amide bonds. The first kappa shape index (κ1) is 30.3. The van der Waals surface area contributed by atoms with Crippen LogP contribution in [-0.4, -0.2) is 0 Å². The molecule has 0 fully saturated rings. The maximum Gasteiger partial charge on any atom is 0.417 e.